The topological polar surface area (TPSA) is 99.5 Å². The molecule has 0 saturated heterocycles. The number of benzene rings is 1. The maximum atomic E-state index is 11.9. The summed E-state index contributed by atoms with van der Waals surface area (Å²) in [7, 11) is 0. The highest BCUT2D eigenvalue weighted by molar-refractivity contribution is 6.33. The lowest BCUT2D eigenvalue weighted by Crippen LogP contribution is -2.14. The minimum absolute atomic E-state index is 0.0659. The molecular formula is C13H9ClN2O4. The average molecular weight is 293 g/mol. The monoisotopic (exact) mass is 292 g/mol. The molecule has 2 aromatic rings. The second kappa shape index (κ2) is 5.58. The SMILES string of the molecule is O=C(O)c1cc(NC(=O)c2ncccc2O)ccc1Cl. The Labute approximate surface area is 118 Å². The zero-order valence-electron chi connectivity index (χ0n) is 10.0. The first-order valence-electron chi connectivity index (χ1n) is 5.47. The lowest BCUT2D eigenvalue weighted by Gasteiger charge is -2.07. The maximum Gasteiger partial charge on any atom is 0.337 e. The van der Waals surface area contributed by atoms with Crippen LogP contribution in [0.5, 0.6) is 5.75 Å². The minimum atomic E-state index is -1.20. The number of nitrogens with one attached hydrogen (secondary N) is 1. The predicted molar refractivity (Wildman–Crippen MR) is 72.3 cm³/mol. The molecule has 1 heterocycles. The molecule has 1 aromatic heterocycles. The fourth-order valence-corrected chi connectivity index (χ4v) is 1.73. The number of aromatic carboxylic acids is 1. The van der Waals surface area contributed by atoms with Gasteiger partial charge in [0.25, 0.3) is 5.91 Å². The normalized spacial score (nSPS) is 10.1. The van der Waals surface area contributed by atoms with Crippen molar-refractivity contribution in [1.82, 2.24) is 4.98 Å². The summed E-state index contributed by atoms with van der Waals surface area (Å²) >= 11 is 5.72. The second-order valence-electron chi connectivity index (χ2n) is 3.83. The summed E-state index contributed by atoms with van der Waals surface area (Å²) in [5, 5.41) is 20.9. The zero-order chi connectivity index (χ0) is 14.7. The zero-order valence-corrected chi connectivity index (χ0v) is 10.8. The Balaban J connectivity index is 2.27. The second-order valence-corrected chi connectivity index (χ2v) is 4.23. The van der Waals surface area contributed by atoms with Gasteiger partial charge in [-0.25, -0.2) is 9.78 Å². The molecule has 2 rings (SSSR count). The van der Waals surface area contributed by atoms with Crippen LogP contribution < -0.4 is 5.32 Å². The number of hydrogen-bond acceptors (Lipinski definition) is 4. The number of anilines is 1. The van der Waals surface area contributed by atoms with Gasteiger partial charge in [0.15, 0.2) is 5.69 Å². The minimum Gasteiger partial charge on any atom is -0.505 e. The molecule has 0 radical (unpaired) electrons. The third kappa shape index (κ3) is 2.86. The van der Waals surface area contributed by atoms with E-state index in [1.165, 1.54) is 36.5 Å². The Morgan fingerprint density at radius 2 is 2.00 bits per heavy atom. The van der Waals surface area contributed by atoms with Crippen LogP contribution in [0.3, 0.4) is 0 Å². The molecule has 0 aliphatic heterocycles. The van der Waals surface area contributed by atoms with Crippen LogP contribution in [-0.2, 0) is 0 Å². The van der Waals surface area contributed by atoms with Gasteiger partial charge >= 0.3 is 5.97 Å². The summed E-state index contributed by atoms with van der Waals surface area (Å²) in [5.74, 6) is -2.12. The molecule has 0 aliphatic rings. The molecule has 3 N–H and O–H groups in total. The Morgan fingerprint density at radius 3 is 2.65 bits per heavy atom. The third-order valence-electron chi connectivity index (χ3n) is 2.46. The van der Waals surface area contributed by atoms with Crippen molar-refractivity contribution >= 4 is 29.2 Å². The Hall–Kier alpha value is -2.60. The first-order chi connectivity index (χ1) is 9.49. The van der Waals surface area contributed by atoms with Gasteiger partial charge in [-0.1, -0.05) is 11.6 Å². The largest absolute Gasteiger partial charge is 0.505 e. The lowest BCUT2D eigenvalue weighted by molar-refractivity contribution is 0.0696. The molecule has 0 spiro atoms. The number of hydrogen-bond donors (Lipinski definition) is 3. The molecule has 0 aliphatic carbocycles. The number of aromatic hydroxyl groups is 1. The predicted octanol–water partition coefficient (Wildman–Crippen LogP) is 2.39. The highest BCUT2D eigenvalue weighted by atomic mass is 35.5. The van der Waals surface area contributed by atoms with E-state index in [0.29, 0.717) is 0 Å². The number of nitrogens with zero attached hydrogens (tertiary/aromatic N) is 1. The molecule has 102 valence electrons. The lowest BCUT2D eigenvalue weighted by atomic mass is 10.2. The van der Waals surface area contributed by atoms with Gasteiger partial charge in [0.05, 0.1) is 10.6 Å². The first kappa shape index (κ1) is 13.8. The quantitative estimate of drug-likeness (QED) is 0.806. The van der Waals surface area contributed by atoms with Crippen LogP contribution in [0, 0.1) is 0 Å². The fraction of sp³-hybridized carbons (Fsp3) is 0. The Morgan fingerprint density at radius 1 is 1.25 bits per heavy atom. The first-order valence-corrected chi connectivity index (χ1v) is 5.85. The van der Waals surface area contributed by atoms with E-state index < -0.39 is 11.9 Å². The molecular weight excluding hydrogens is 284 g/mol. The van der Waals surface area contributed by atoms with Crippen molar-refractivity contribution in [2.75, 3.05) is 5.32 Å². The highest BCUT2D eigenvalue weighted by Gasteiger charge is 2.14. The summed E-state index contributed by atoms with van der Waals surface area (Å²) in [5.41, 5.74) is -0.0455. The molecule has 1 aromatic carbocycles. The number of carboxylic acid groups (broad SMARTS) is 1. The molecule has 1 amide bonds. The van der Waals surface area contributed by atoms with Crippen molar-refractivity contribution in [2.24, 2.45) is 0 Å². The number of rotatable bonds is 3. The van der Waals surface area contributed by atoms with Gasteiger partial charge in [-0.05, 0) is 30.3 Å². The number of aromatic nitrogens is 1. The standard InChI is InChI=1S/C13H9ClN2O4/c14-9-4-3-7(6-8(9)13(19)20)16-12(18)11-10(17)2-1-5-15-11/h1-6,17H,(H,16,18)(H,19,20). The number of carboxylic acids is 1. The molecule has 0 saturated carbocycles. The van der Waals surface area contributed by atoms with Crippen LogP contribution >= 0.6 is 11.6 Å². The molecule has 0 bridgehead atoms. The molecule has 20 heavy (non-hydrogen) atoms. The van der Waals surface area contributed by atoms with E-state index in [-0.39, 0.29) is 27.7 Å². The number of carbonyl (C=O) groups excluding carboxylic acids is 1. The molecule has 0 unspecified atom stereocenters. The number of halogens is 1. The maximum absolute atomic E-state index is 11.9. The summed E-state index contributed by atoms with van der Waals surface area (Å²) in [6.45, 7) is 0. The van der Waals surface area contributed by atoms with Crippen LogP contribution in [0.2, 0.25) is 5.02 Å². The Bertz CT molecular complexity index is 688. The van der Waals surface area contributed by atoms with E-state index in [0.717, 1.165) is 0 Å². The Kier molecular flexibility index (Phi) is 3.86. The van der Waals surface area contributed by atoms with Crippen LogP contribution in [0.1, 0.15) is 20.8 Å². The van der Waals surface area contributed by atoms with Crippen molar-refractivity contribution < 1.29 is 19.8 Å². The van der Waals surface area contributed by atoms with Crippen LogP contribution in [0.4, 0.5) is 5.69 Å². The van der Waals surface area contributed by atoms with E-state index in [1.807, 2.05) is 0 Å². The van der Waals surface area contributed by atoms with Gasteiger partial charge in [-0.15, -0.1) is 0 Å². The molecule has 6 nitrogen and oxygen atoms in total. The number of pyridine rings is 1. The summed E-state index contributed by atoms with van der Waals surface area (Å²) in [6, 6.07) is 6.84. The summed E-state index contributed by atoms with van der Waals surface area (Å²) < 4.78 is 0. The summed E-state index contributed by atoms with van der Waals surface area (Å²) in [6.07, 6.45) is 1.36. The number of amides is 1. The van der Waals surface area contributed by atoms with Gasteiger partial charge in [0.1, 0.15) is 5.75 Å². The van der Waals surface area contributed by atoms with Crippen LogP contribution in [0.25, 0.3) is 0 Å². The average Bonchev–Trinajstić information content (AvgIpc) is 2.41. The van der Waals surface area contributed by atoms with Crippen molar-refractivity contribution in [2.45, 2.75) is 0 Å². The third-order valence-corrected chi connectivity index (χ3v) is 2.79. The van der Waals surface area contributed by atoms with Crippen molar-refractivity contribution in [3.8, 4) is 5.75 Å². The van der Waals surface area contributed by atoms with Crippen LogP contribution in [-0.4, -0.2) is 27.1 Å². The van der Waals surface area contributed by atoms with Gasteiger partial charge in [0, 0.05) is 11.9 Å². The van der Waals surface area contributed by atoms with E-state index >= 15 is 0 Å². The van der Waals surface area contributed by atoms with E-state index in [2.05, 4.69) is 10.3 Å². The van der Waals surface area contributed by atoms with Gasteiger partial charge < -0.3 is 15.5 Å². The smallest absolute Gasteiger partial charge is 0.337 e. The summed E-state index contributed by atoms with van der Waals surface area (Å²) in [4.78, 5) is 26.6. The van der Waals surface area contributed by atoms with Gasteiger partial charge in [-0.2, -0.15) is 0 Å². The van der Waals surface area contributed by atoms with E-state index in [4.69, 9.17) is 16.7 Å². The number of carbonyl (C=O) groups is 2. The van der Waals surface area contributed by atoms with Crippen LogP contribution in [0.15, 0.2) is 36.5 Å². The van der Waals surface area contributed by atoms with Crippen molar-refractivity contribution in [3.05, 3.63) is 52.8 Å². The highest BCUT2D eigenvalue weighted by Crippen LogP contribution is 2.22. The fourth-order valence-electron chi connectivity index (χ4n) is 1.53. The van der Waals surface area contributed by atoms with Crippen molar-refractivity contribution in [3.63, 3.8) is 0 Å². The molecule has 0 fully saturated rings. The van der Waals surface area contributed by atoms with Crippen molar-refractivity contribution in [1.29, 1.82) is 0 Å². The molecule has 7 heteroatoms. The molecule has 0 atom stereocenters. The van der Waals surface area contributed by atoms with E-state index in [1.54, 1.807) is 0 Å². The van der Waals surface area contributed by atoms with Gasteiger partial charge in [-0.3, -0.25) is 4.79 Å². The van der Waals surface area contributed by atoms with E-state index in [9.17, 15) is 14.7 Å². The van der Waals surface area contributed by atoms with Gasteiger partial charge in [0.2, 0.25) is 0 Å².